The van der Waals surface area contributed by atoms with E-state index in [1.165, 1.54) is 22.9 Å². The fourth-order valence-corrected chi connectivity index (χ4v) is 3.59. The Bertz CT molecular complexity index is 1430. The van der Waals surface area contributed by atoms with Crippen molar-refractivity contribution in [1.29, 1.82) is 0 Å². The number of hydrogen-bond acceptors (Lipinski definition) is 5. The highest BCUT2D eigenvalue weighted by Gasteiger charge is 2.10. The van der Waals surface area contributed by atoms with Gasteiger partial charge in [-0.15, -0.1) is 0 Å². The second kappa shape index (κ2) is 10.4. The number of carbonyl (C=O) groups is 1. The van der Waals surface area contributed by atoms with Gasteiger partial charge in [-0.1, -0.05) is 28.9 Å². The average Bonchev–Trinajstić information content (AvgIpc) is 2.83. The molecule has 0 saturated heterocycles. The average molecular weight is 523 g/mol. The normalized spacial score (nSPS) is 11.1. The Morgan fingerprint density at radius 2 is 1.97 bits per heavy atom. The molecule has 0 bridgehead atoms. The predicted octanol–water partition coefficient (Wildman–Crippen LogP) is 4.76. The number of carbonyl (C=O) groups excluding carboxylic acids is 1. The number of fused-ring (bicyclic) bond motifs is 1. The first-order valence-corrected chi connectivity index (χ1v) is 11.3. The molecule has 4 rings (SSSR count). The van der Waals surface area contributed by atoms with Crippen LogP contribution < -0.4 is 15.6 Å². The molecule has 172 valence electrons. The monoisotopic (exact) mass is 522 g/mol. The minimum atomic E-state index is -0.434. The van der Waals surface area contributed by atoms with E-state index in [-0.39, 0.29) is 12.2 Å². The summed E-state index contributed by atoms with van der Waals surface area (Å²) < 4.78 is 20.8. The Balaban J connectivity index is 1.44. The first kappa shape index (κ1) is 23.3. The van der Waals surface area contributed by atoms with Gasteiger partial charge in [0, 0.05) is 16.6 Å². The highest BCUT2D eigenvalue weighted by molar-refractivity contribution is 9.10. The maximum atomic E-state index is 13.2. The summed E-state index contributed by atoms with van der Waals surface area (Å²) in [7, 11) is 0. The van der Waals surface area contributed by atoms with E-state index in [1.807, 2.05) is 13.0 Å². The zero-order chi connectivity index (χ0) is 24.1. The van der Waals surface area contributed by atoms with Gasteiger partial charge in [0.05, 0.1) is 17.1 Å². The highest BCUT2D eigenvalue weighted by atomic mass is 79.9. The van der Waals surface area contributed by atoms with Gasteiger partial charge in [0.15, 0.2) is 6.61 Å². The van der Waals surface area contributed by atoms with E-state index in [4.69, 9.17) is 4.74 Å². The zero-order valence-corrected chi connectivity index (χ0v) is 19.8. The van der Waals surface area contributed by atoms with Crippen molar-refractivity contribution in [3.05, 3.63) is 98.8 Å². The largest absolute Gasteiger partial charge is 0.484 e. The Morgan fingerprint density at radius 1 is 1.18 bits per heavy atom. The maximum Gasteiger partial charge on any atom is 0.282 e. The van der Waals surface area contributed by atoms with Gasteiger partial charge < -0.3 is 10.1 Å². The number of nitrogens with zero attached hydrogens (tertiary/aromatic N) is 3. The van der Waals surface area contributed by atoms with Gasteiger partial charge in [0.25, 0.3) is 11.5 Å². The third-order valence-corrected chi connectivity index (χ3v) is 5.37. The molecule has 4 aromatic rings. The Kier molecular flexibility index (Phi) is 7.12. The summed E-state index contributed by atoms with van der Waals surface area (Å²) in [4.78, 5) is 29.5. The van der Waals surface area contributed by atoms with Crippen LogP contribution in [0, 0.1) is 5.82 Å². The van der Waals surface area contributed by atoms with Crippen molar-refractivity contribution in [2.75, 3.05) is 11.9 Å². The third kappa shape index (κ3) is 5.55. The summed E-state index contributed by atoms with van der Waals surface area (Å²) in [6.45, 7) is 1.69. The summed E-state index contributed by atoms with van der Waals surface area (Å²) in [6, 6.07) is 17.9. The molecule has 0 atom stereocenters. The van der Waals surface area contributed by atoms with Gasteiger partial charge in [-0.25, -0.2) is 9.37 Å². The van der Waals surface area contributed by atoms with Crippen LogP contribution in [0.5, 0.6) is 5.75 Å². The van der Waals surface area contributed by atoms with Crippen molar-refractivity contribution in [3.63, 3.8) is 0 Å². The van der Waals surface area contributed by atoms with E-state index in [2.05, 4.69) is 31.3 Å². The summed E-state index contributed by atoms with van der Waals surface area (Å²) in [5, 5.41) is 7.39. The number of halogens is 2. The molecule has 0 spiro atoms. The van der Waals surface area contributed by atoms with Crippen LogP contribution in [-0.2, 0) is 11.2 Å². The standard InChI is InChI=1S/C25H20BrFN4O3/c1-2-23-30-22-11-8-17(26)12-21(22)25(33)31(23)28-14-16-6-9-20(10-7-16)34-15-24(32)29-19-5-3-4-18(27)13-19/h3-14H,2,15H2,1H3,(H,29,32). The van der Waals surface area contributed by atoms with E-state index in [0.29, 0.717) is 34.6 Å². The van der Waals surface area contributed by atoms with E-state index < -0.39 is 11.7 Å². The van der Waals surface area contributed by atoms with E-state index in [1.54, 1.807) is 48.7 Å². The minimum absolute atomic E-state index is 0.225. The molecule has 0 unspecified atom stereocenters. The molecule has 0 fully saturated rings. The Morgan fingerprint density at radius 3 is 2.71 bits per heavy atom. The number of nitrogens with one attached hydrogen (secondary N) is 1. The van der Waals surface area contributed by atoms with Gasteiger partial charge in [0.1, 0.15) is 17.4 Å². The maximum absolute atomic E-state index is 13.2. The topological polar surface area (TPSA) is 85.6 Å². The lowest BCUT2D eigenvalue weighted by molar-refractivity contribution is -0.118. The van der Waals surface area contributed by atoms with Crippen LogP contribution >= 0.6 is 15.9 Å². The number of aryl methyl sites for hydroxylation is 1. The number of benzene rings is 3. The number of ether oxygens (including phenoxy) is 1. The molecule has 0 saturated carbocycles. The first-order valence-electron chi connectivity index (χ1n) is 10.5. The van der Waals surface area contributed by atoms with E-state index in [9.17, 15) is 14.0 Å². The molecule has 1 amide bonds. The zero-order valence-electron chi connectivity index (χ0n) is 18.2. The minimum Gasteiger partial charge on any atom is -0.484 e. The molecule has 0 aliphatic carbocycles. The lowest BCUT2D eigenvalue weighted by atomic mass is 10.2. The molecule has 0 radical (unpaired) electrons. The molecule has 1 heterocycles. The molecule has 0 aliphatic rings. The van der Waals surface area contributed by atoms with Crippen LogP contribution in [0.2, 0.25) is 0 Å². The third-order valence-electron chi connectivity index (χ3n) is 4.87. The summed E-state index contributed by atoms with van der Waals surface area (Å²) in [6.07, 6.45) is 2.11. The summed E-state index contributed by atoms with van der Waals surface area (Å²) >= 11 is 3.38. The first-order chi connectivity index (χ1) is 16.4. The molecule has 3 aromatic carbocycles. The lowest BCUT2D eigenvalue weighted by Gasteiger charge is -2.08. The molecule has 9 heteroatoms. The second-order valence-corrected chi connectivity index (χ2v) is 8.24. The van der Waals surface area contributed by atoms with Crippen LogP contribution in [0.15, 0.2) is 81.1 Å². The van der Waals surface area contributed by atoms with Crippen LogP contribution in [0.3, 0.4) is 0 Å². The van der Waals surface area contributed by atoms with Gasteiger partial charge in [-0.2, -0.15) is 9.78 Å². The van der Waals surface area contributed by atoms with E-state index in [0.717, 1.165) is 10.0 Å². The summed E-state index contributed by atoms with van der Waals surface area (Å²) in [5.41, 5.74) is 1.47. The molecule has 1 N–H and O–H groups in total. The van der Waals surface area contributed by atoms with E-state index >= 15 is 0 Å². The van der Waals surface area contributed by atoms with Crippen LogP contribution in [0.4, 0.5) is 10.1 Å². The van der Waals surface area contributed by atoms with Crippen molar-refractivity contribution >= 4 is 44.6 Å². The molecular weight excluding hydrogens is 503 g/mol. The summed E-state index contributed by atoms with van der Waals surface area (Å²) in [5.74, 6) is 0.199. The molecule has 1 aromatic heterocycles. The van der Waals surface area contributed by atoms with Crippen molar-refractivity contribution < 1.29 is 13.9 Å². The number of anilines is 1. The number of rotatable bonds is 7. The SMILES string of the molecule is CCc1nc2ccc(Br)cc2c(=O)n1N=Cc1ccc(OCC(=O)Nc2cccc(F)c2)cc1. The molecule has 0 aliphatic heterocycles. The lowest BCUT2D eigenvalue weighted by Crippen LogP contribution is -2.22. The molecule has 7 nitrogen and oxygen atoms in total. The smallest absolute Gasteiger partial charge is 0.282 e. The van der Waals surface area contributed by atoms with Crippen LogP contribution in [0.1, 0.15) is 18.3 Å². The molecular formula is C25H20BrFN4O3. The quantitative estimate of drug-likeness (QED) is 0.354. The Labute approximate surface area is 203 Å². The van der Waals surface area contributed by atoms with Crippen molar-refractivity contribution in [1.82, 2.24) is 9.66 Å². The van der Waals surface area contributed by atoms with Crippen molar-refractivity contribution in [3.8, 4) is 5.75 Å². The van der Waals surface area contributed by atoms with Gasteiger partial charge in [0.2, 0.25) is 0 Å². The van der Waals surface area contributed by atoms with Gasteiger partial charge in [-0.3, -0.25) is 9.59 Å². The van der Waals surface area contributed by atoms with Crippen molar-refractivity contribution in [2.45, 2.75) is 13.3 Å². The predicted molar refractivity (Wildman–Crippen MR) is 133 cm³/mol. The number of amides is 1. The fourth-order valence-electron chi connectivity index (χ4n) is 3.23. The number of aromatic nitrogens is 2. The number of hydrogen-bond donors (Lipinski definition) is 1. The highest BCUT2D eigenvalue weighted by Crippen LogP contribution is 2.16. The molecule has 34 heavy (non-hydrogen) atoms. The van der Waals surface area contributed by atoms with Crippen molar-refractivity contribution in [2.24, 2.45) is 5.10 Å². The fraction of sp³-hybridized carbons (Fsp3) is 0.120. The van der Waals surface area contributed by atoms with Crippen LogP contribution in [0.25, 0.3) is 10.9 Å². The van der Waals surface area contributed by atoms with Gasteiger partial charge >= 0.3 is 0 Å². The van der Waals surface area contributed by atoms with Crippen LogP contribution in [-0.4, -0.2) is 28.4 Å². The second-order valence-electron chi connectivity index (χ2n) is 7.32. The Hall–Kier alpha value is -3.85. The van der Waals surface area contributed by atoms with Gasteiger partial charge in [-0.05, 0) is 66.2 Å².